The standard InChI is InChI=1S/C11H17N3OS/c1-8-7-16-10(12-8)9(2)13-11(15)14-5-3-4-6-14/h7,9H,3-6H2,1-2H3,(H,13,15). The number of carbonyl (C=O) groups is 1. The molecule has 2 rings (SSSR count). The summed E-state index contributed by atoms with van der Waals surface area (Å²) >= 11 is 1.60. The highest BCUT2D eigenvalue weighted by atomic mass is 32.1. The van der Waals surface area contributed by atoms with Crippen molar-refractivity contribution < 1.29 is 4.79 Å². The summed E-state index contributed by atoms with van der Waals surface area (Å²) in [6.07, 6.45) is 2.25. The van der Waals surface area contributed by atoms with Crippen LogP contribution in [0.5, 0.6) is 0 Å². The van der Waals surface area contributed by atoms with E-state index in [9.17, 15) is 4.79 Å². The van der Waals surface area contributed by atoms with Gasteiger partial charge in [0.2, 0.25) is 0 Å². The molecule has 1 fully saturated rings. The Morgan fingerprint density at radius 3 is 2.81 bits per heavy atom. The van der Waals surface area contributed by atoms with E-state index < -0.39 is 0 Å². The van der Waals surface area contributed by atoms with Gasteiger partial charge in [0.1, 0.15) is 5.01 Å². The Morgan fingerprint density at radius 2 is 2.25 bits per heavy atom. The van der Waals surface area contributed by atoms with E-state index in [2.05, 4.69) is 10.3 Å². The van der Waals surface area contributed by atoms with Gasteiger partial charge in [0.15, 0.2) is 0 Å². The maximum absolute atomic E-state index is 11.8. The van der Waals surface area contributed by atoms with Gasteiger partial charge in [0.05, 0.1) is 6.04 Å². The zero-order valence-corrected chi connectivity index (χ0v) is 10.5. The van der Waals surface area contributed by atoms with Gasteiger partial charge in [-0.25, -0.2) is 9.78 Å². The van der Waals surface area contributed by atoms with Gasteiger partial charge in [-0.15, -0.1) is 11.3 Å². The molecule has 1 aliphatic heterocycles. The third-order valence-corrected chi connectivity index (χ3v) is 3.89. The zero-order valence-electron chi connectivity index (χ0n) is 9.69. The van der Waals surface area contributed by atoms with Crippen molar-refractivity contribution in [3.63, 3.8) is 0 Å². The molecule has 1 saturated heterocycles. The van der Waals surface area contributed by atoms with Crippen LogP contribution in [0.15, 0.2) is 5.38 Å². The van der Waals surface area contributed by atoms with Gasteiger partial charge < -0.3 is 10.2 Å². The normalized spacial score (nSPS) is 17.5. The van der Waals surface area contributed by atoms with Crippen molar-refractivity contribution >= 4 is 17.4 Å². The molecule has 1 atom stereocenters. The number of aromatic nitrogens is 1. The molecule has 0 saturated carbocycles. The Morgan fingerprint density at radius 1 is 1.56 bits per heavy atom. The third-order valence-electron chi connectivity index (χ3n) is 2.74. The van der Waals surface area contributed by atoms with E-state index in [-0.39, 0.29) is 12.1 Å². The monoisotopic (exact) mass is 239 g/mol. The van der Waals surface area contributed by atoms with E-state index in [1.165, 1.54) is 0 Å². The maximum Gasteiger partial charge on any atom is 0.317 e. The number of aryl methyl sites for hydroxylation is 1. The molecule has 1 aliphatic rings. The second kappa shape index (κ2) is 4.82. The fourth-order valence-corrected chi connectivity index (χ4v) is 2.63. The highest BCUT2D eigenvalue weighted by molar-refractivity contribution is 7.09. The van der Waals surface area contributed by atoms with Crippen LogP contribution >= 0.6 is 11.3 Å². The second-order valence-electron chi connectivity index (χ2n) is 4.19. The van der Waals surface area contributed by atoms with Crippen LogP contribution in [0.2, 0.25) is 0 Å². The highest BCUT2D eigenvalue weighted by Crippen LogP contribution is 2.18. The van der Waals surface area contributed by atoms with Gasteiger partial charge in [0, 0.05) is 24.2 Å². The summed E-state index contributed by atoms with van der Waals surface area (Å²) in [7, 11) is 0. The molecule has 1 aromatic rings. The van der Waals surface area contributed by atoms with Crippen molar-refractivity contribution in [1.29, 1.82) is 0 Å². The first kappa shape index (κ1) is 11.4. The highest BCUT2D eigenvalue weighted by Gasteiger charge is 2.20. The Hall–Kier alpha value is -1.10. The first-order valence-corrected chi connectivity index (χ1v) is 6.52. The lowest BCUT2D eigenvalue weighted by Gasteiger charge is -2.19. The smallest absolute Gasteiger partial charge is 0.317 e. The molecule has 16 heavy (non-hydrogen) atoms. The first-order chi connectivity index (χ1) is 7.66. The summed E-state index contributed by atoms with van der Waals surface area (Å²) in [5.74, 6) is 0. The van der Waals surface area contributed by atoms with Crippen LogP contribution in [0.1, 0.15) is 36.5 Å². The minimum atomic E-state index is 0.00630. The molecule has 0 spiro atoms. The third kappa shape index (κ3) is 2.52. The number of nitrogens with zero attached hydrogens (tertiary/aromatic N) is 2. The van der Waals surface area contributed by atoms with Crippen molar-refractivity contribution in [3.05, 3.63) is 16.1 Å². The molecule has 5 heteroatoms. The van der Waals surface area contributed by atoms with Gasteiger partial charge >= 0.3 is 6.03 Å². The van der Waals surface area contributed by atoms with Crippen molar-refractivity contribution in [3.8, 4) is 0 Å². The number of carbonyl (C=O) groups excluding carboxylic acids is 1. The molecule has 2 amide bonds. The maximum atomic E-state index is 11.8. The molecule has 1 aromatic heterocycles. The Labute approximate surface area is 99.7 Å². The Balaban J connectivity index is 1.91. The number of amides is 2. The van der Waals surface area contributed by atoms with E-state index >= 15 is 0 Å². The van der Waals surface area contributed by atoms with Crippen LogP contribution in [-0.2, 0) is 0 Å². The largest absolute Gasteiger partial charge is 0.329 e. The van der Waals surface area contributed by atoms with Gasteiger partial charge in [-0.3, -0.25) is 0 Å². The summed E-state index contributed by atoms with van der Waals surface area (Å²) in [6, 6.07) is 0.0460. The summed E-state index contributed by atoms with van der Waals surface area (Å²) < 4.78 is 0. The number of thiazole rings is 1. The van der Waals surface area contributed by atoms with Crippen molar-refractivity contribution in [2.45, 2.75) is 32.7 Å². The summed E-state index contributed by atoms with van der Waals surface area (Å²) in [5, 5.41) is 5.97. The molecular formula is C11H17N3OS. The molecular weight excluding hydrogens is 222 g/mol. The molecule has 4 nitrogen and oxygen atoms in total. The number of urea groups is 1. The van der Waals surface area contributed by atoms with Gasteiger partial charge in [0.25, 0.3) is 0 Å². The number of nitrogens with one attached hydrogen (secondary N) is 1. The predicted molar refractivity (Wildman–Crippen MR) is 64.6 cm³/mol. The zero-order chi connectivity index (χ0) is 11.5. The number of rotatable bonds is 2. The first-order valence-electron chi connectivity index (χ1n) is 5.64. The fraction of sp³-hybridized carbons (Fsp3) is 0.636. The average molecular weight is 239 g/mol. The van der Waals surface area contributed by atoms with Crippen LogP contribution in [0.25, 0.3) is 0 Å². The average Bonchev–Trinajstić information content (AvgIpc) is 2.87. The van der Waals surface area contributed by atoms with E-state index in [4.69, 9.17) is 0 Å². The number of likely N-dealkylation sites (tertiary alicyclic amines) is 1. The molecule has 1 N–H and O–H groups in total. The topological polar surface area (TPSA) is 45.2 Å². The van der Waals surface area contributed by atoms with Crippen LogP contribution < -0.4 is 5.32 Å². The van der Waals surface area contributed by atoms with E-state index in [0.717, 1.165) is 36.6 Å². The fourth-order valence-electron chi connectivity index (χ4n) is 1.83. The lowest BCUT2D eigenvalue weighted by atomic mass is 10.3. The Bertz CT molecular complexity index is 371. The van der Waals surface area contributed by atoms with Crippen molar-refractivity contribution in [2.75, 3.05) is 13.1 Å². The van der Waals surface area contributed by atoms with E-state index in [1.54, 1.807) is 11.3 Å². The van der Waals surface area contributed by atoms with Crippen LogP contribution in [0.3, 0.4) is 0 Å². The van der Waals surface area contributed by atoms with E-state index in [0.29, 0.717) is 0 Å². The van der Waals surface area contributed by atoms with Crippen LogP contribution in [0.4, 0.5) is 4.79 Å². The predicted octanol–water partition coefficient (Wildman–Crippen LogP) is 2.32. The minimum absolute atomic E-state index is 0.00630. The van der Waals surface area contributed by atoms with Gasteiger partial charge in [-0.1, -0.05) is 0 Å². The summed E-state index contributed by atoms with van der Waals surface area (Å²) in [5.41, 5.74) is 1.02. The van der Waals surface area contributed by atoms with Crippen molar-refractivity contribution in [2.24, 2.45) is 0 Å². The lowest BCUT2D eigenvalue weighted by molar-refractivity contribution is 0.205. The minimum Gasteiger partial charge on any atom is -0.329 e. The van der Waals surface area contributed by atoms with Crippen LogP contribution in [-0.4, -0.2) is 29.0 Å². The number of hydrogen-bond donors (Lipinski definition) is 1. The molecule has 0 radical (unpaired) electrons. The second-order valence-corrected chi connectivity index (χ2v) is 5.08. The lowest BCUT2D eigenvalue weighted by Crippen LogP contribution is -2.39. The quantitative estimate of drug-likeness (QED) is 0.860. The number of hydrogen-bond acceptors (Lipinski definition) is 3. The summed E-state index contributed by atoms with van der Waals surface area (Å²) in [4.78, 5) is 18.1. The molecule has 1 unspecified atom stereocenters. The van der Waals surface area contributed by atoms with E-state index in [1.807, 2.05) is 24.1 Å². The van der Waals surface area contributed by atoms with Crippen LogP contribution in [0, 0.1) is 6.92 Å². The Kier molecular flexibility index (Phi) is 3.43. The molecule has 0 bridgehead atoms. The van der Waals surface area contributed by atoms with Gasteiger partial charge in [-0.2, -0.15) is 0 Å². The SMILES string of the molecule is Cc1csc(C(C)NC(=O)N2CCCC2)n1. The molecule has 0 aromatic carbocycles. The van der Waals surface area contributed by atoms with Crippen molar-refractivity contribution in [1.82, 2.24) is 15.2 Å². The molecule has 0 aliphatic carbocycles. The molecule has 2 heterocycles. The van der Waals surface area contributed by atoms with Gasteiger partial charge in [-0.05, 0) is 26.7 Å². The molecule has 88 valence electrons. The summed E-state index contributed by atoms with van der Waals surface area (Å²) in [6.45, 7) is 5.71.